The average molecular weight is 237 g/mol. The van der Waals surface area contributed by atoms with Crippen LogP contribution in [0.15, 0.2) is 29.2 Å². The lowest BCUT2D eigenvalue weighted by molar-refractivity contribution is 0.0696. The van der Waals surface area contributed by atoms with Crippen LogP contribution in [0.4, 0.5) is 0 Å². The second-order valence-corrected chi connectivity index (χ2v) is 4.42. The Morgan fingerprint density at radius 1 is 1.25 bits per heavy atom. The van der Waals surface area contributed by atoms with Gasteiger partial charge in [0.15, 0.2) is 0 Å². The minimum atomic E-state index is -0.0137. The first-order chi connectivity index (χ1) is 7.75. The fourth-order valence-electron chi connectivity index (χ4n) is 1.72. The first-order valence-electron chi connectivity index (χ1n) is 5.43. The molecule has 0 radical (unpaired) electrons. The summed E-state index contributed by atoms with van der Waals surface area (Å²) in [4.78, 5) is 12.7. The smallest absolute Gasteiger partial charge is 0.251 e. The summed E-state index contributed by atoms with van der Waals surface area (Å²) in [7, 11) is 0. The van der Waals surface area contributed by atoms with Crippen LogP contribution in [0, 0.1) is 0 Å². The molecule has 0 saturated carbocycles. The molecule has 16 heavy (non-hydrogen) atoms. The van der Waals surface area contributed by atoms with Crippen molar-refractivity contribution in [3.63, 3.8) is 0 Å². The normalized spacial score (nSPS) is 17.1. The number of ether oxygens (including phenoxy) is 1. The molecule has 1 amide bonds. The molecule has 1 fully saturated rings. The van der Waals surface area contributed by atoms with Crippen molar-refractivity contribution in [2.75, 3.05) is 13.2 Å². The van der Waals surface area contributed by atoms with Crippen LogP contribution >= 0.6 is 12.6 Å². The Labute approximate surface area is 101 Å². The SMILES string of the molecule is O=C(NC1CCOCC1)c1ccc(S)cc1. The lowest BCUT2D eigenvalue weighted by Gasteiger charge is -2.23. The third-order valence-electron chi connectivity index (χ3n) is 2.69. The molecule has 0 aliphatic carbocycles. The van der Waals surface area contributed by atoms with Gasteiger partial charge in [-0.3, -0.25) is 4.79 Å². The number of rotatable bonds is 2. The Morgan fingerprint density at radius 2 is 1.88 bits per heavy atom. The maximum Gasteiger partial charge on any atom is 0.251 e. The fraction of sp³-hybridized carbons (Fsp3) is 0.417. The molecule has 0 aromatic heterocycles. The van der Waals surface area contributed by atoms with E-state index >= 15 is 0 Å². The maximum absolute atomic E-state index is 11.8. The van der Waals surface area contributed by atoms with Crippen molar-refractivity contribution in [2.45, 2.75) is 23.8 Å². The van der Waals surface area contributed by atoms with E-state index in [1.165, 1.54) is 0 Å². The lowest BCUT2D eigenvalue weighted by atomic mass is 10.1. The topological polar surface area (TPSA) is 38.3 Å². The summed E-state index contributed by atoms with van der Waals surface area (Å²) in [5.74, 6) is -0.0137. The quantitative estimate of drug-likeness (QED) is 0.771. The lowest BCUT2D eigenvalue weighted by Crippen LogP contribution is -2.38. The van der Waals surface area contributed by atoms with Gasteiger partial charge < -0.3 is 10.1 Å². The second-order valence-electron chi connectivity index (χ2n) is 3.91. The minimum Gasteiger partial charge on any atom is -0.381 e. The molecule has 2 rings (SSSR count). The number of carbonyl (C=O) groups is 1. The summed E-state index contributed by atoms with van der Waals surface area (Å²) in [5, 5.41) is 3.01. The number of benzene rings is 1. The molecule has 86 valence electrons. The van der Waals surface area contributed by atoms with Crippen LogP contribution in [0.3, 0.4) is 0 Å². The van der Waals surface area contributed by atoms with Crippen LogP contribution in [-0.4, -0.2) is 25.2 Å². The van der Waals surface area contributed by atoms with Crippen molar-refractivity contribution in [3.05, 3.63) is 29.8 Å². The van der Waals surface area contributed by atoms with Crippen LogP contribution in [0.2, 0.25) is 0 Å². The summed E-state index contributed by atoms with van der Waals surface area (Å²) in [5.41, 5.74) is 0.685. The molecule has 1 aliphatic heterocycles. The van der Waals surface area contributed by atoms with E-state index in [0.29, 0.717) is 5.56 Å². The van der Waals surface area contributed by atoms with Gasteiger partial charge >= 0.3 is 0 Å². The molecular weight excluding hydrogens is 222 g/mol. The van der Waals surface area contributed by atoms with Crippen LogP contribution in [0.1, 0.15) is 23.2 Å². The molecule has 1 aliphatic rings. The van der Waals surface area contributed by atoms with E-state index in [-0.39, 0.29) is 11.9 Å². The molecule has 1 saturated heterocycles. The van der Waals surface area contributed by atoms with Gasteiger partial charge in [-0.25, -0.2) is 0 Å². The number of hydrogen-bond acceptors (Lipinski definition) is 3. The maximum atomic E-state index is 11.8. The van der Waals surface area contributed by atoms with Gasteiger partial charge in [-0.15, -0.1) is 12.6 Å². The average Bonchev–Trinajstić information content (AvgIpc) is 2.31. The minimum absolute atomic E-state index is 0.0137. The highest BCUT2D eigenvalue weighted by Crippen LogP contribution is 2.10. The van der Waals surface area contributed by atoms with Crippen molar-refractivity contribution in [1.29, 1.82) is 0 Å². The predicted octanol–water partition coefficient (Wildman–Crippen LogP) is 1.88. The molecule has 3 nitrogen and oxygen atoms in total. The molecule has 1 heterocycles. The van der Waals surface area contributed by atoms with Crippen molar-refractivity contribution in [3.8, 4) is 0 Å². The van der Waals surface area contributed by atoms with E-state index in [1.807, 2.05) is 12.1 Å². The van der Waals surface area contributed by atoms with Gasteiger partial charge in [0.1, 0.15) is 0 Å². The summed E-state index contributed by atoms with van der Waals surface area (Å²) in [6, 6.07) is 7.47. The summed E-state index contributed by atoms with van der Waals surface area (Å²) in [6.45, 7) is 1.47. The van der Waals surface area contributed by atoms with E-state index < -0.39 is 0 Å². The Bertz CT molecular complexity index is 358. The molecular formula is C12H15NO2S. The van der Waals surface area contributed by atoms with Gasteiger partial charge in [-0.1, -0.05) is 0 Å². The molecule has 1 aromatic rings. The van der Waals surface area contributed by atoms with E-state index in [2.05, 4.69) is 17.9 Å². The molecule has 0 bridgehead atoms. The molecule has 0 spiro atoms. The van der Waals surface area contributed by atoms with Crippen LogP contribution in [-0.2, 0) is 4.74 Å². The summed E-state index contributed by atoms with van der Waals surface area (Å²) < 4.78 is 5.24. The highest BCUT2D eigenvalue weighted by molar-refractivity contribution is 7.80. The number of hydrogen-bond donors (Lipinski definition) is 2. The Balaban J connectivity index is 1.94. The van der Waals surface area contributed by atoms with Crippen LogP contribution < -0.4 is 5.32 Å². The monoisotopic (exact) mass is 237 g/mol. The van der Waals surface area contributed by atoms with Gasteiger partial charge in [-0.05, 0) is 37.1 Å². The standard InChI is InChI=1S/C12H15NO2S/c14-12(9-1-3-11(16)4-2-9)13-10-5-7-15-8-6-10/h1-4,10,16H,5-8H2,(H,13,14). The second kappa shape index (κ2) is 5.37. The first-order valence-corrected chi connectivity index (χ1v) is 5.88. The largest absolute Gasteiger partial charge is 0.381 e. The van der Waals surface area contributed by atoms with E-state index in [4.69, 9.17) is 4.74 Å². The number of thiol groups is 1. The van der Waals surface area contributed by atoms with E-state index in [9.17, 15) is 4.79 Å². The van der Waals surface area contributed by atoms with Crippen molar-refractivity contribution in [2.24, 2.45) is 0 Å². The summed E-state index contributed by atoms with van der Waals surface area (Å²) >= 11 is 4.18. The van der Waals surface area contributed by atoms with Crippen molar-refractivity contribution >= 4 is 18.5 Å². The zero-order valence-electron chi connectivity index (χ0n) is 8.98. The molecule has 1 aromatic carbocycles. The Morgan fingerprint density at radius 3 is 2.50 bits per heavy atom. The predicted molar refractivity (Wildman–Crippen MR) is 65.0 cm³/mol. The van der Waals surface area contributed by atoms with Gasteiger partial charge in [-0.2, -0.15) is 0 Å². The third-order valence-corrected chi connectivity index (χ3v) is 2.98. The highest BCUT2D eigenvalue weighted by Gasteiger charge is 2.16. The fourth-order valence-corrected chi connectivity index (χ4v) is 1.87. The first kappa shape index (κ1) is 11.5. The molecule has 4 heteroatoms. The Hall–Kier alpha value is -1.00. The van der Waals surface area contributed by atoms with Gasteiger partial charge in [0.2, 0.25) is 0 Å². The van der Waals surface area contributed by atoms with E-state index in [0.717, 1.165) is 31.0 Å². The highest BCUT2D eigenvalue weighted by atomic mass is 32.1. The third kappa shape index (κ3) is 3.00. The van der Waals surface area contributed by atoms with Gasteiger partial charge in [0, 0.05) is 29.7 Å². The number of amides is 1. The zero-order chi connectivity index (χ0) is 11.4. The molecule has 1 N–H and O–H groups in total. The Kier molecular flexibility index (Phi) is 3.85. The molecule has 0 unspecified atom stereocenters. The van der Waals surface area contributed by atoms with E-state index in [1.54, 1.807) is 12.1 Å². The van der Waals surface area contributed by atoms with Gasteiger partial charge in [0.25, 0.3) is 5.91 Å². The van der Waals surface area contributed by atoms with Crippen LogP contribution in [0.5, 0.6) is 0 Å². The zero-order valence-corrected chi connectivity index (χ0v) is 9.87. The van der Waals surface area contributed by atoms with Crippen molar-refractivity contribution in [1.82, 2.24) is 5.32 Å². The van der Waals surface area contributed by atoms with Gasteiger partial charge in [0.05, 0.1) is 0 Å². The molecule has 0 atom stereocenters. The number of nitrogens with one attached hydrogen (secondary N) is 1. The number of carbonyl (C=O) groups excluding carboxylic acids is 1. The van der Waals surface area contributed by atoms with Crippen molar-refractivity contribution < 1.29 is 9.53 Å². The summed E-state index contributed by atoms with van der Waals surface area (Å²) in [6.07, 6.45) is 1.80. The van der Waals surface area contributed by atoms with Crippen LogP contribution in [0.25, 0.3) is 0 Å².